The quantitative estimate of drug-likeness (QED) is 0.534. The van der Waals surface area contributed by atoms with E-state index in [0.29, 0.717) is 10.6 Å². The summed E-state index contributed by atoms with van der Waals surface area (Å²) in [5.74, 6) is -0.362. The average Bonchev–Trinajstić information content (AvgIpc) is 2.71. The van der Waals surface area contributed by atoms with Crippen molar-refractivity contribution < 1.29 is 4.42 Å². The van der Waals surface area contributed by atoms with Crippen LogP contribution >= 0.6 is 43.5 Å². The van der Waals surface area contributed by atoms with Crippen molar-refractivity contribution in [3.05, 3.63) is 67.6 Å². The smallest absolute Gasteiger partial charge is 0.408 e. The lowest BCUT2D eigenvalue weighted by atomic mass is 10.0. The van der Waals surface area contributed by atoms with Gasteiger partial charge in [0.2, 0.25) is 0 Å². The summed E-state index contributed by atoms with van der Waals surface area (Å²) < 4.78 is 7.63. The number of benzene rings is 2. The Hall–Kier alpha value is -1.04. The molecule has 108 valence electrons. The average molecular weight is 432 g/mol. The van der Waals surface area contributed by atoms with Crippen molar-refractivity contribution in [3.8, 4) is 0 Å². The lowest BCUT2D eigenvalue weighted by molar-refractivity contribution is 0.528. The van der Waals surface area contributed by atoms with Crippen LogP contribution in [0.5, 0.6) is 0 Å². The number of alkyl halides is 1. The Labute approximate surface area is 142 Å². The molecule has 1 heterocycles. The van der Waals surface area contributed by atoms with Gasteiger partial charge in [-0.05, 0) is 41.5 Å². The Morgan fingerprint density at radius 1 is 1.19 bits per heavy atom. The van der Waals surface area contributed by atoms with Crippen molar-refractivity contribution in [2.24, 2.45) is 7.05 Å². The van der Waals surface area contributed by atoms with Crippen molar-refractivity contribution in [3.63, 3.8) is 0 Å². The largest absolute Gasteiger partial charge is 0.419 e. The second-order valence-corrected chi connectivity index (χ2v) is 6.99. The van der Waals surface area contributed by atoms with Gasteiger partial charge in [-0.3, -0.25) is 4.57 Å². The predicted octanol–water partition coefficient (Wildman–Crippen LogP) is 5.03. The van der Waals surface area contributed by atoms with Gasteiger partial charge < -0.3 is 4.42 Å². The van der Waals surface area contributed by atoms with Crippen LogP contribution < -0.4 is 5.76 Å². The minimum absolute atomic E-state index is 0.0394. The summed E-state index contributed by atoms with van der Waals surface area (Å²) in [5.41, 5.74) is 3.36. The molecule has 0 saturated carbocycles. The Morgan fingerprint density at radius 3 is 2.67 bits per heavy atom. The molecule has 0 spiro atoms. The number of oxazole rings is 1. The maximum Gasteiger partial charge on any atom is 0.419 e. The molecule has 0 bridgehead atoms. The minimum atomic E-state index is -0.362. The molecule has 0 aliphatic heterocycles. The molecule has 3 nitrogen and oxygen atoms in total. The highest BCUT2D eigenvalue weighted by atomic mass is 79.9. The predicted molar refractivity (Wildman–Crippen MR) is 91.4 cm³/mol. The molecule has 0 N–H and O–H groups in total. The van der Waals surface area contributed by atoms with Crippen molar-refractivity contribution in [1.82, 2.24) is 4.57 Å². The summed E-state index contributed by atoms with van der Waals surface area (Å²) in [7, 11) is 1.69. The van der Waals surface area contributed by atoms with Crippen molar-refractivity contribution in [2.45, 2.75) is 4.83 Å². The second-order valence-electron chi connectivity index (χ2n) is 4.72. The SMILES string of the molecule is Cn1c(=O)oc2cc(C(Br)c3cc(Cl)cc(Br)c3)ccc21. The summed E-state index contributed by atoms with van der Waals surface area (Å²) in [6.45, 7) is 0. The second kappa shape index (κ2) is 5.63. The highest BCUT2D eigenvalue weighted by molar-refractivity contribution is 9.10. The molecule has 0 amide bonds. The first kappa shape index (κ1) is 14.9. The third kappa shape index (κ3) is 2.82. The molecule has 0 saturated heterocycles. The first-order valence-electron chi connectivity index (χ1n) is 6.15. The van der Waals surface area contributed by atoms with Gasteiger partial charge >= 0.3 is 5.76 Å². The molecular weight excluding hydrogens is 421 g/mol. The van der Waals surface area contributed by atoms with Crippen LogP contribution in [0.3, 0.4) is 0 Å². The van der Waals surface area contributed by atoms with Crippen LogP contribution in [-0.4, -0.2) is 4.57 Å². The monoisotopic (exact) mass is 429 g/mol. The number of rotatable bonds is 2. The van der Waals surface area contributed by atoms with Gasteiger partial charge in [-0.15, -0.1) is 0 Å². The van der Waals surface area contributed by atoms with Crippen LogP contribution in [0.1, 0.15) is 16.0 Å². The molecule has 1 aromatic heterocycles. The van der Waals surface area contributed by atoms with E-state index in [-0.39, 0.29) is 10.6 Å². The van der Waals surface area contributed by atoms with Gasteiger partial charge in [0.1, 0.15) is 0 Å². The van der Waals surface area contributed by atoms with Crippen LogP contribution in [0.25, 0.3) is 11.1 Å². The number of nitrogens with zero attached hydrogens (tertiary/aromatic N) is 1. The number of fused-ring (bicyclic) bond motifs is 1. The van der Waals surface area contributed by atoms with Crippen molar-refractivity contribution >= 4 is 54.6 Å². The van der Waals surface area contributed by atoms with E-state index in [1.165, 1.54) is 4.57 Å². The molecule has 6 heteroatoms. The van der Waals surface area contributed by atoms with Gasteiger partial charge in [0.15, 0.2) is 5.58 Å². The Kier molecular flexibility index (Phi) is 3.99. The maximum absolute atomic E-state index is 11.5. The normalized spacial score (nSPS) is 12.8. The Morgan fingerprint density at radius 2 is 1.95 bits per heavy atom. The van der Waals surface area contributed by atoms with E-state index in [1.807, 2.05) is 36.4 Å². The number of hydrogen-bond acceptors (Lipinski definition) is 2. The van der Waals surface area contributed by atoms with Crippen LogP contribution in [0.2, 0.25) is 5.02 Å². The van der Waals surface area contributed by atoms with E-state index >= 15 is 0 Å². The first-order valence-corrected chi connectivity index (χ1v) is 8.24. The number of halogens is 3. The summed E-state index contributed by atoms with van der Waals surface area (Å²) in [6, 6.07) is 11.4. The van der Waals surface area contributed by atoms with Crippen LogP contribution in [-0.2, 0) is 7.05 Å². The fraction of sp³-hybridized carbons (Fsp3) is 0.133. The van der Waals surface area contributed by atoms with Gasteiger partial charge in [0, 0.05) is 16.5 Å². The lowest BCUT2D eigenvalue weighted by Crippen LogP contribution is -2.08. The molecule has 3 rings (SSSR count). The fourth-order valence-electron chi connectivity index (χ4n) is 2.22. The fourth-order valence-corrected chi connectivity index (χ4v) is 3.66. The minimum Gasteiger partial charge on any atom is -0.408 e. The van der Waals surface area contributed by atoms with E-state index in [1.54, 1.807) is 7.05 Å². The molecule has 0 fully saturated rings. The van der Waals surface area contributed by atoms with Gasteiger partial charge in [-0.2, -0.15) is 0 Å². The van der Waals surface area contributed by atoms with E-state index in [0.717, 1.165) is 21.1 Å². The molecule has 3 aromatic rings. The highest BCUT2D eigenvalue weighted by Crippen LogP contribution is 2.35. The summed E-state index contributed by atoms with van der Waals surface area (Å²) in [6.07, 6.45) is 0. The van der Waals surface area contributed by atoms with E-state index in [4.69, 9.17) is 16.0 Å². The molecule has 0 radical (unpaired) electrons. The summed E-state index contributed by atoms with van der Waals surface area (Å²) in [4.78, 5) is 11.5. The number of aryl methyl sites for hydroxylation is 1. The Bertz CT molecular complexity index is 865. The van der Waals surface area contributed by atoms with Gasteiger partial charge in [-0.1, -0.05) is 49.5 Å². The van der Waals surface area contributed by atoms with Crippen LogP contribution in [0, 0.1) is 0 Å². The van der Waals surface area contributed by atoms with Crippen molar-refractivity contribution in [2.75, 3.05) is 0 Å². The molecule has 2 aromatic carbocycles. The van der Waals surface area contributed by atoms with Gasteiger partial charge in [-0.25, -0.2) is 4.79 Å². The lowest BCUT2D eigenvalue weighted by Gasteiger charge is -2.11. The highest BCUT2D eigenvalue weighted by Gasteiger charge is 2.14. The van der Waals surface area contributed by atoms with Crippen molar-refractivity contribution in [1.29, 1.82) is 0 Å². The molecule has 1 atom stereocenters. The standard InChI is InChI=1S/C15H10Br2ClNO2/c1-19-12-3-2-8(6-13(12)21-15(19)20)14(17)9-4-10(16)7-11(18)5-9/h2-7,14H,1H3. The number of hydrogen-bond donors (Lipinski definition) is 0. The summed E-state index contributed by atoms with van der Waals surface area (Å²) in [5, 5.41) is 0.663. The third-order valence-electron chi connectivity index (χ3n) is 3.29. The third-order valence-corrected chi connectivity index (χ3v) is 5.02. The molecule has 21 heavy (non-hydrogen) atoms. The zero-order valence-corrected chi connectivity index (χ0v) is 14.9. The van der Waals surface area contributed by atoms with Crippen LogP contribution in [0.4, 0.5) is 0 Å². The molecule has 1 unspecified atom stereocenters. The zero-order chi connectivity index (χ0) is 15.1. The van der Waals surface area contributed by atoms with E-state index in [2.05, 4.69) is 31.9 Å². The van der Waals surface area contributed by atoms with Crippen LogP contribution in [0.15, 0.2) is 50.1 Å². The van der Waals surface area contributed by atoms with E-state index < -0.39 is 0 Å². The Balaban J connectivity index is 2.08. The topological polar surface area (TPSA) is 35.1 Å². The molecule has 0 aliphatic rings. The van der Waals surface area contributed by atoms with Gasteiger partial charge in [0.25, 0.3) is 0 Å². The zero-order valence-electron chi connectivity index (χ0n) is 10.9. The molecule has 0 aliphatic carbocycles. The van der Waals surface area contributed by atoms with Gasteiger partial charge in [0.05, 0.1) is 10.3 Å². The first-order chi connectivity index (χ1) is 9.95. The van der Waals surface area contributed by atoms with E-state index in [9.17, 15) is 4.79 Å². The maximum atomic E-state index is 11.5. The summed E-state index contributed by atoms with van der Waals surface area (Å²) >= 11 is 13.2. The number of aromatic nitrogens is 1. The molecular formula is C15H10Br2ClNO2.